The Bertz CT molecular complexity index is 1120. The van der Waals surface area contributed by atoms with Gasteiger partial charge in [0.05, 0.1) is 11.9 Å². The van der Waals surface area contributed by atoms with Gasteiger partial charge in [0.15, 0.2) is 5.13 Å². The van der Waals surface area contributed by atoms with Gasteiger partial charge < -0.3 is 10.3 Å². The summed E-state index contributed by atoms with van der Waals surface area (Å²) in [6.07, 6.45) is 1.61. The van der Waals surface area contributed by atoms with Crippen LogP contribution in [0.3, 0.4) is 0 Å². The number of hydrogen-bond acceptors (Lipinski definition) is 5. The van der Waals surface area contributed by atoms with Crippen LogP contribution in [-0.4, -0.2) is 25.7 Å². The Morgan fingerprint density at radius 2 is 2.17 bits per heavy atom. The number of para-hydroxylation sites is 1. The Kier molecular flexibility index (Phi) is 3.39. The second-order valence-electron chi connectivity index (χ2n) is 5.41. The summed E-state index contributed by atoms with van der Waals surface area (Å²) in [6, 6.07) is 7.63. The molecule has 120 valence electrons. The highest BCUT2D eigenvalue weighted by atomic mass is 32.1. The summed E-state index contributed by atoms with van der Waals surface area (Å²) in [7, 11) is 0. The molecule has 0 saturated heterocycles. The maximum atomic E-state index is 12.6. The van der Waals surface area contributed by atoms with Gasteiger partial charge in [-0.1, -0.05) is 18.2 Å². The van der Waals surface area contributed by atoms with E-state index in [1.165, 1.54) is 11.3 Å². The predicted octanol–water partition coefficient (Wildman–Crippen LogP) is 2.28. The van der Waals surface area contributed by atoms with Crippen molar-refractivity contribution in [2.45, 2.75) is 13.5 Å². The molecule has 0 radical (unpaired) electrons. The van der Waals surface area contributed by atoms with Gasteiger partial charge in [-0.2, -0.15) is 5.10 Å². The van der Waals surface area contributed by atoms with Gasteiger partial charge in [0, 0.05) is 21.7 Å². The van der Waals surface area contributed by atoms with E-state index in [9.17, 15) is 9.59 Å². The van der Waals surface area contributed by atoms with Crippen LogP contribution in [0.2, 0.25) is 0 Å². The Morgan fingerprint density at radius 3 is 2.96 bits per heavy atom. The van der Waals surface area contributed by atoms with Gasteiger partial charge in [-0.15, -0.1) is 11.3 Å². The second-order valence-corrected chi connectivity index (χ2v) is 6.27. The molecule has 2 N–H and O–H groups in total. The molecule has 0 aliphatic rings. The zero-order valence-corrected chi connectivity index (χ0v) is 13.6. The van der Waals surface area contributed by atoms with Gasteiger partial charge in [-0.25, -0.2) is 9.67 Å². The number of anilines is 1. The van der Waals surface area contributed by atoms with Gasteiger partial charge >= 0.3 is 0 Å². The van der Waals surface area contributed by atoms with E-state index in [1.807, 2.05) is 36.6 Å². The third-order valence-corrected chi connectivity index (χ3v) is 4.56. The molecule has 7 nitrogen and oxygen atoms in total. The average molecular weight is 339 g/mol. The molecule has 1 aromatic carbocycles. The lowest BCUT2D eigenvalue weighted by molar-refractivity contribution is -0.117. The minimum atomic E-state index is -0.339. The number of amides is 1. The van der Waals surface area contributed by atoms with Gasteiger partial charge in [0.2, 0.25) is 5.91 Å². The molecular weight excluding hydrogens is 326 g/mol. The first-order valence-electron chi connectivity index (χ1n) is 7.30. The lowest BCUT2D eigenvalue weighted by Gasteiger charge is -2.04. The Balaban J connectivity index is 1.67. The summed E-state index contributed by atoms with van der Waals surface area (Å²) in [5, 5.41) is 10.8. The molecular formula is C16H13N5O2S. The van der Waals surface area contributed by atoms with Crippen molar-refractivity contribution >= 4 is 44.2 Å². The Labute approximate surface area is 140 Å². The normalized spacial score (nSPS) is 11.2. The van der Waals surface area contributed by atoms with Crippen LogP contribution in [0.25, 0.3) is 21.8 Å². The highest BCUT2D eigenvalue weighted by Gasteiger charge is 2.13. The van der Waals surface area contributed by atoms with Gasteiger partial charge in [-0.3, -0.25) is 9.59 Å². The van der Waals surface area contributed by atoms with Crippen LogP contribution < -0.4 is 10.9 Å². The summed E-state index contributed by atoms with van der Waals surface area (Å²) >= 11 is 1.34. The number of aromatic amines is 1. The number of thiazole rings is 1. The first-order chi connectivity index (χ1) is 11.6. The quantitative estimate of drug-likeness (QED) is 0.599. The number of carbonyl (C=O) groups excluding carboxylic acids is 1. The van der Waals surface area contributed by atoms with Crippen LogP contribution in [-0.2, 0) is 11.3 Å². The fourth-order valence-electron chi connectivity index (χ4n) is 2.59. The number of fused-ring (bicyclic) bond motifs is 3. The van der Waals surface area contributed by atoms with Gasteiger partial charge in [0.1, 0.15) is 12.1 Å². The third kappa shape index (κ3) is 2.46. The van der Waals surface area contributed by atoms with Crippen molar-refractivity contribution in [3.63, 3.8) is 0 Å². The predicted molar refractivity (Wildman–Crippen MR) is 93.3 cm³/mol. The maximum absolute atomic E-state index is 12.6. The van der Waals surface area contributed by atoms with Crippen molar-refractivity contribution in [1.29, 1.82) is 0 Å². The highest BCUT2D eigenvalue weighted by molar-refractivity contribution is 7.13. The Hall–Kier alpha value is -3.00. The number of rotatable bonds is 3. The largest absolute Gasteiger partial charge is 0.350 e. The average Bonchev–Trinajstić information content (AvgIpc) is 3.14. The van der Waals surface area contributed by atoms with Crippen LogP contribution >= 0.6 is 11.3 Å². The molecule has 4 rings (SSSR count). The molecule has 0 aliphatic carbocycles. The van der Waals surface area contributed by atoms with E-state index in [2.05, 4.69) is 20.4 Å². The third-order valence-electron chi connectivity index (χ3n) is 3.68. The minimum Gasteiger partial charge on any atom is -0.350 e. The first kappa shape index (κ1) is 14.6. The highest BCUT2D eigenvalue weighted by Crippen LogP contribution is 2.21. The maximum Gasteiger partial charge on any atom is 0.291 e. The summed E-state index contributed by atoms with van der Waals surface area (Å²) in [6.45, 7) is 1.69. The zero-order valence-electron chi connectivity index (χ0n) is 12.7. The van der Waals surface area contributed by atoms with Crippen molar-refractivity contribution in [3.8, 4) is 0 Å². The van der Waals surface area contributed by atoms with E-state index >= 15 is 0 Å². The number of carbonyl (C=O) groups is 1. The molecule has 1 amide bonds. The summed E-state index contributed by atoms with van der Waals surface area (Å²) in [5.74, 6) is -0.339. The van der Waals surface area contributed by atoms with Crippen LogP contribution in [0, 0.1) is 6.92 Å². The number of hydrogen-bond donors (Lipinski definition) is 2. The molecule has 0 aliphatic heterocycles. The molecule has 0 saturated carbocycles. The van der Waals surface area contributed by atoms with Crippen molar-refractivity contribution in [2.75, 3.05) is 5.32 Å². The zero-order chi connectivity index (χ0) is 16.7. The monoisotopic (exact) mass is 339 g/mol. The van der Waals surface area contributed by atoms with Crippen LogP contribution in [0.4, 0.5) is 5.13 Å². The van der Waals surface area contributed by atoms with Gasteiger partial charge in [0.25, 0.3) is 5.56 Å². The first-order valence-corrected chi connectivity index (χ1v) is 8.18. The number of H-pyrrole nitrogens is 1. The fourth-order valence-corrected chi connectivity index (χ4v) is 3.30. The van der Waals surface area contributed by atoms with E-state index in [4.69, 9.17) is 0 Å². The SMILES string of the molecule is Cc1csc(NC(=O)Cn2ncc3c([nH]c4ccccc43)c2=O)n1. The summed E-state index contributed by atoms with van der Waals surface area (Å²) < 4.78 is 1.15. The van der Waals surface area contributed by atoms with Crippen molar-refractivity contribution in [1.82, 2.24) is 19.7 Å². The van der Waals surface area contributed by atoms with Crippen LogP contribution in [0.15, 0.2) is 40.6 Å². The molecule has 0 atom stereocenters. The second kappa shape index (κ2) is 5.57. The van der Waals surface area contributed by atoms with E-state index in [0.717, 1.165) is 26.7 Å². The molecule has 0 unspecified atom stereocenters. The lowest BCUT2D eigenvalue weighted by Crippen LogP contribution is -2.29. The molecule has 3 aromatic heterocycles. The van der Waals surface area contributed by atoms with E-state index in [-0.39, 0.29) is 18.0 Å². The molecule has 8 heteroatoms. The standard InChI is InChI=1S/C16H13N5O2S/c1-9-8-24-16(18-9)20-13(22)7-21-15(23)14-11(6-17-21)10-4-2-3-5-12(10)19-14/h2-6,8,19H,7H2,1H3,(H,18,20,22). The molecule has 0 fully saturated rings. The van der Waals surface area contributed by atoms with E-state index in [0.29, 0.717) is 10.6 Å². The van der Waals surface area contributed by atoms with Crippen molar-refractivity contribution < 1.29 is 4.79 Å². The topological polar surface area (TPSA) is 92.7 Å². The molecule has 4 aromatic rings. The molecule has 3 heterocycles. The smallest absolute Gasteiger partial charge is 0.291 e. The van der Waals surface area contributed by atoms with E-state index < -0.39 is 0 Å². The van der Waals surface area contributed by atoms with Gasteiger partial charge in [-0.05, 0) is 13.0 Å². The van der Waals surface area contributed by atoms with Crippen LogP contribution in [0.5, 0.6) is 0 Å². The van der Waals surface area contributed by atoms with Crippen molar-refractivity contribution in [3.05, 3.63) is 51.9 Å². The summed E-state index contributed by atoms with van der Waals surface area (Å²) in [5.41, 5.74) is 1.83. The van der Waals surface area contributed by atoms with Crippen molar-refractivity contribution in [2.24, 2.45) is 0 Å². The number of aromatic nitrogens is 4. The van der Waals surface area contributed by atoms with E-state index in [1.54, 1.807) is 6.20 Å². The van der Waals surface area contributed by atoms with Crippen LogP contribution in [0.1, 0.15) is 5.69 Å². The molecule has 24 heavy (non-hydrogen) atoms. The lowest BCUT2D eigenvalue weighted by atomic mass is 10.2. The number of benzene rings is 1. The molecule has 0 spiro atoms. The minimum absolute atomic E-state index is 0.164. The number of aryl methyl sites for hydroxylation is 1. The fraction of sp³-hybridized carbons (Fsp3) is 0.125. The molecule has 0 bridgehead atoms. The number of nitrogens with one attached hydrogen (secondary N) is 2. The Morgan fingerprint density at radius 1 is 1.33 bits per heavy atom. The number of nitrogens with zero attached hydrogens (tertiary/aromatic N) is 3. The summed E-state index contributed by atoms with van der Waals surface area (Å²) in [4.78, 5) is 31.9.